The van der Waals surface area contributed by atoms with Crippen LogP contribution in [0, 0.1) is 12.8 Å². The number of aromatic nitrogens is 2. The van der Waals surface area contributed by atoms with Gasteiger partial charge in [0.25, 0.3) is 0 Å². The predicted molar refractivity (Wildman–Crippen MR) is 100 cm³/mol. The van der Waals surface area contributed by atoms with E-state index in [4.69, 9.17) is 4.74 Å². The van der Waals surface area contributed by atoms with Gasteiger partial charge in [0.05, 0.1) is 17.9 Å². The Morgan fingerprint density at radius 2 is 2.00 bits per heavy atom. The Morgan fingerprint density at radius 3 is 2.72 bits per heavy atom. The SMILES string of the molecule is CCOC(=O)c1ccccc1Nc1cc(C)nc(NCCC(C)C)n1. The molecule has 1 heterocycles. The fourth-order valence-corrected chi connectivity index (χ4v) is 2.30. The van der Waals surface area contributed by atoms with E-state index in [0.717, 1.165) is 18.7 Å². The largest absolute Gasteiger partial charge is 0.462 e. The number of hydrogen-bond acceptors (Lipinski definition) is 6. The first-order valence-electron chi connectivity index (χ1n) is 8.62. The van der Waals surface area contributed by atoms with Gasteiger partial charge >= 0.3 is 5.97 Å². The number of esters is 1. The molecular formula is C19H26N4O2. The minimum atomic E-state index is -0.355. The molecule has 2 N–H and O–H groups in total. The molecular weight excluding hydrogens is 316 g/mol. The van der Waals surface area contributed by atoms with Crippen LogP contribution in [0.2, 0.25) is 0 Å². The van der Waals surface area contributed by atoms with Gasteiger partial charge in [-0.3, -0.25) is 0 Å². The number of carbonyl (C=O) groups is 1. The minimum Gasteiger partial charge on any atom is -0.462 e. The van der Waals surface area contributed by atoms with Crippen LogP contribution < -0.4 is 10.6 Å². The number of benzene rings is 1. The zero-order chi connectivity index (χ0) is 18.2. The monoisotopic (exact) mass is 342 g/mol. The van der Waals surface area contributed by atoms with Gasteiger partial charge in [0.15, 0.2) is 0 Å². The molecule has 0 unspecified atom stereocenters. The van der Waals surface area contributed by atoms with Crippen molar-refractivity contribution in [3.05, 3.63) is 41.6 Å². The summed E-state index contributed by atoms with van der Waals surface area (Å²) in [6.07, 6.45) is 1.05. The van der Waals surface area contributed by atoms with Crippen LogP contribution in [0.5, 0.6) is 0 Å². The van der Waals surface area contributed by atoms with E-state index in [9.17, 15) is 4.79 Å². The molecule has 0 amide bonds. The van der Waals surface area contributed by atoms with E-state index in [0.29, 0.717) is 35.5 Å². The molecule has 0 fully saturated rings. The highest BCUT2D eigenvalue weighted by Crippen LogP contribution is 2.21. The first-order chi connectivity index (χ1) is 12.0. The van der Waals surface area contributed by atoms with E-state index in [1.54, 1.807) is 13.0 Å². The van der Waals surface area contributed by atoms with Crippen LogP contribution >= 0.6 is 0 Å². The lowest BCUT2D eigenvalue weighted by atomic mass is 10.1. The molecule has 6 nitrogen and oxygen atoms in total. The third-order valence-electron chi connectivity index (χ3n) is 3.54. The number of carbonyl (C=O) groups excluding carboxylic acids is 1. The molecule has 1 aromatic carbocycles. The third kappa shape index (κ3) is 5.74. The Bertz CT molecular complexity index is 716. The van der Waals surface area contributed by atoms with Crippen LogP contribution in [0.3, 0.4) is 0 Å². The second-order valence-corrected chi connectivity index (χ2v) is 6.22. The van der Waals surface area contributed by atoms with Gasteiger partial charge in [-0.1, -0.05) is 26.0 Å². The summed E-state index contributed by atoms with van der Waals surface area (Å²) in [5.74, 6) is 1.48. The molecule has 25 heavy (non-hydrogen) atoms. The highest BCUT2D eigenvalue weighted by atomic mass is 16.5. The Labute approximate surface area is 149 Å². The molecule has 0 aliphatic heterocycles. The lowest BCUT2D eigenvalue weighted by molar-refractivity contribution is 0.0527. The van der Waals surface area contributed by atoms with Crippen molar-refractivity contribution in [3.8, 4) is 0 Å². The van der Waals surface area contributed by atoms with E-state index in [1.165, 1.54) is 0 Å². The van der Waals surface area contributed by atoms with E-state index in [1.807, 2.05) is 31.2 Å². The van der Waals surface area contributed by atoms with Crippen molar-refractivity contribution >= 4 is 23.4 Å². The van der Waals surface area contributed by atoms with Crippen molar-refractivity contribution in [1.29, 1.82) is 0 Å². The summed E-state index contributed by atoms with van der Waals surface area (Å²) in [5, 5.41) is 6.45. The summed E-state index contributed by atoms with van der Waals surface area (Å²) in [4.78, 5) is 21.0. The number of aryl methyl sites for hydroxylation is 1. The minimum absolute atomic E-state index is 0.337. The van der Waals surface area contributed by atoms with Crippen LogP contribution in [0.4, 0.5) is 17.5 Å². The maximum absolute atomic E-state index is 12.1. The molecule has 0 saturated carbocycles. The first-order valence-corrected chi connectivity index (χ1v) is 8.62. The van der Waals surface area contributed by atoms with Crippen molar-refractivity contribution in [3.63, 3.8) is 0 Å². The van der Waals surface area contributed by atoms with E-state index < -0.39 is 0 Å². The molecule has 2 rings (SSSR count). The standard InChI is InChI=1S/C19H26N4O2/c1-5-25-18(24)15-8-6-7-9-16(15)22-17-12-14(4)21-19(23-17)20-11-10-13(2)3/h6-9,12-13H,5,10-11H2,1-4H3,(H2,20,21,22,23). The van der Waals surface area contributed by atoms with E-state index in [2.05, 4.69) is 34.4 Å². The number of rotatable bonds is 8. The van der Waals surface area contributed by atoms with Gasteiger partial charge in [-0.05, 0) is 38.3 Å². The molecule has 0 radical (unpaired) electrons. The molecule has 6 heteroatoms. The average Bonchev–Trinajstić information content (AvgIpc) is 2.54. The van der Waals surface area contributed by atoms with Gasteiger partial charge in [-0.25, -0.2) is 9.78 Å². The summed E-state index contributed by atoms with van der Waals surface area (Å²) in [6, 6.07) is 9.07. The number of ether oxygens (including phenoxy) is 1. The predicted octanol–water partition coefficient (Wildman–Crippen LogP) is 4.16. The first kappa shape index (κ1) is 18.7. The summed E-state index contributed by atoms with van der Waals surface area (Å²) < 4.78 is 5.11. The zero-order valence-electron chi connectivity index (χ0n) is 15.3. The van der Waals surface area contributed by atoms with Crippen molar-refractivity contribution < 1.29 is 9.53 Å². The maximum Gasteiger partial charge on any atom is 0.340 e. The van der Waals surface area contributed by atoms with Crippen LogP contribution in [0.1, 0.15) is 43.2 Å². The second kappa shape index (κ2) is 9.01. The Hall–Kier alpha value is -2.63. The fraction of sp³-hybridized carbons (Fsp3) is 0.421. The summed E-state index contributed by atoms with van der Waals surface area (Å²) in [6.45, 7) is 9.22. The molecule has 2 aromatic rings. The molecule has 0 spiro atoms. The normalized spacial score (nSPS) is 10.6. The van der Waals surface area contributed by atoms with Crippen LogP contribution in [0.25, 0.3) is 0 Å². The molecule has 1 aromatic heterocycles. The lowest BCUT2D eigenvalue weighted by Crippen LogP contribution is -2.11. The van der Waals surface area contributed by atoms with Crippen LogP contribution in [-0.4, -0.2) is 29.1 Å². The summed E-state index contributed by atoms with van der Waals surface area (Å²) >= 11 is 0. The van der Waals surface area contributed by atoms with Gasteiger partial charge in [-0.15, -0.1) is 0 Å². The third-order valence-corrected chi connectivity index (χ3v) is 3.54. The lowest BCUT2D eigenvalue weighted by Gasteiger charge is -2.13. The maximum atomic E-state index is 12.1. The van der Waals surface area contributed by atoms with Gasteiger partial charge in [0.2, 0.25) is 5.95 Å². The molecule has 0 aliphatic rings. The van der Waals surface area contributed by atoms with E-state index >= 15 is 0 Å². The van der Waals surface area contributed by atoms with Crippen LogP contribution in [0.15, 0.2) is 30.3 Å². The fourth-order valence-electron chi connectivity index (χ4n) is 2.30. The quantitative estimate of drug-likeness (QED) is 0.702. The zero-order valence-corrected chi connectivity index (χ0v) is 15.3. The van der Waals surface area contributed by atoms with Gasteiger partial charge in [-0.2, -0.15) is 4.98 Å². The average molecular weight is 342 g/mol. The number of anilines is 3. The van der Waals surface area contributed by atoms with E-state index in [-0.39, 0.29) is 5.97 Å². The van der Waals surface area contributed by atoms with Gasteiger partial charge < -0.3 is 15.4 Å². The number of para-hydroxylation sites is 1. The Kier molecular flexibility index (Phi) is 6.74. The number of nitrogens with zero attached hydrogens (tertiary/aromatic N) is 2. The van der Waals surface area contributed by atoms with Crippen molar-refractivity contribution in [2.75, 3.05) is 23.8 Å². The molecule has 0 atom stereocenters. The molecule has 0 aliphatic carbocycles. The van der Waals surface area contributed by atoms with Gasteiger partial charge in [0.1, 0.15) is 5.82 Å². The second-order valence-electron chi connectivity index (χ2n) is 6.22. The topological polar surface area (TPSA) is 76.1 Å². The molecule has 134 valence electrons. The van der Waals surface area contributed by atoms with Crippen molar-refractivity contribution in [2.24, 2.45) is 5.92 Å². The number of nitrogens with one attached hydrogen (secondary N) is 2. The Morgan fingerprint density at radius 1 is 1.24 bits per heavy atom. The Balaban J connectivity index is 2.17. The summed E-state index contributed by atoms with van der Waals surface area (Å²) in [5.41, 5.74) is 1.99. The van der Waals surface area contributed by atoms with Gasteiger partial charge in [0, 0.05) is 18.3 Å². The smallest absolute Gasteiger partial charge is 0.340 e. The highest BCUT2D eigenvalue weighted by Gasteiger charge is 2.13. The van der Waals surface area contributed by atoms with Crippen molar-refractivity contribution in [2.45, 2.75) is 34.1 Å². The summed E-state index contributed by atoms with van der Waals surface area (Å²) in [7, 11) is 0. The molecule has 0 saturated heterocycles. The van der Waals surface area contributed by atoms with Crippen molar-refractivity contribution in [1.82, 2.24) is 9.97 Å². The van der Waals surface area contributed by atoms with Crippen LogP contribution in [-0.2, 0) is 4.74 Å². The number of hydrogen-bond donors (Lipinski definition) is 2. The highest BCUT2D eigenvalue weighted by molar-refractivity contribution is 5.96. The molecule has 0 bridgehead atoms.